The van der Waals surface area contributed by atoms with E-state index in [-0.39, 0.29) is 4.90 Å². The molecule has 1 N–H and O–H groups in total. The van der Waals surface area contributed by atoms with Gasteiger partial charge in [-0.15, -0.1) is 0 Å². The Morgan fingerprint density at radius 1 is 1.24 bits per heavy atom. The molecule has 1 aromatic rings. The molecular weight excluding hydrogens is 236 g/mol. The highest BCUT2D eigenvalue weighted by Crippen LogP contribution is 2.20. The number of hydrogen-bond donors (Lipinski definition) is 1. The van der Waals surface area contributed by atoms with Gasteiger partial charge >= 0.3 is 0 Å². The Bertz CT molecular complexity index is 425. The van der Waals surface area contributed by atoms with Gasteiger partial charge in [0.25, 0.3) is 0 Å². The molecule has 4 heteroatoms. The van der Waals surface area contributed by atoms with Crippen molar-refractivity contribution in [2.24, 2.45) is 0 Å². The van der Waals surface area contributed by atoms with Gasteiger partial charge in [0.1, 0.15) is 0 Å². The molecule has 2 unspecified atom stereocenters. The van der Waals surface area contributed by atoms with Crippen molar-refractivity contribution >= 4 is 9.84 Å². The standard InChI is InChI=1S/C13H20O3S/c1-3-4-10-13(14)11(2)17(15,16)12-8-6-5-7-9-12/h5-9,11,13-14H,3-4,10H2,1-2H3. The van der Waals surface area contributed by atoms with Crippen LogP contribution in [0.2, 0.25) is 0 Å². The Balaban J connectivity index is 2.84. The lowest BCUT2D eigenvalue weighted by molar-refractivity contribution is 0.159. The minimum Gasteiger partial charge on any atom is -0.392 e. The third kappa shape index (κ3) is 3.54. The van der Waals surface area contributed by atoms with Crippen LogP contribution in [0, 0.1) is 0 Å². The van der Waals surface area contributed by atoms with Gasteiger partial charge in [0, 0.05) is 0 Å². The molecule has 0 spiro atoms. The lowest BCUT2D eigenvalue weighted by Crippen LogP contribution is -2.31. The smallest absolute Gasteiger partial charge is 0.183 e. The van der Waals surface area contributed by atoms with E-state index in [1.807, 2.05) is 6.92 Å². The van der Waals surface area contributed by atoms with Crippen LogP contribution in [0.3, 0.4) is 0 Å². The van der Waals surface area contributed by atoms with Crippen molar-refractivity contribution in [3.8, 4) is 0 Å². The molecule has 0 aromatic heterocycles. The molecule has 0 aliphatic carbocycles. The minimum atomic E-state index is -3.42. The van der Waals surface area contributed by atoms with E-state index >= 15 is 0 Å². The third-order valence-corrected chi connectivity index (χ3v) is 5.18. The van der Waals surface area contributed by atoms with E-state index in [1.165, 1.54) is 0 Å². The fourth-order valence-electron chi connectivity index (χ4n) is 1.68. The van der Waals surface area contributed by atoms with Crippen molar-refractivity contribution in [1.82, 2.24) is 0 Å². The predicted molar refractivity (Wildman–Crippen MR) is 68.6 cm³/mol. The molecule has 17 heavy (non-hydrogen) atoms. The molecule has 1 rings (SSSR count). The van der Waals surface area contributed by atoms with E-state index in [2.05, 4.69) is 0 Å². The van der Waals surface area contributed by atoms with Gasteiger partial charge in [-0.2, -0.15) is 0 Å². The Labute approximate surface area is 103 Å². The summed E-state index contributed by atoms with van der Waals surface area (Å²) in [4.78, 5) is 0.281. The third-order valence-electron chi connectivity index (χ3n) is 2.96. The fraction of sp³-hybridized carbons (Fsp3) is 0.538. The molecular formula is C13H20O3S. The second-order valence-electron chi connectivity index (χ2n) is 4.27. The Morgan fingerprint density at radius 3 is 2.35 bits per heavy atom. The van der Waals surface area contributed by atoms with Gasteiger partial charge in [-0.1, -0.05) is 38.0 Å². The first-order valence-corrected chi connectivity index (χ1v) is 7.51. The maximum absolute atomic E-state index is 12.2. The van der Waals surface area contributed by atoms with Crippen LogP contribution in [0.4, 0.5) is 0 Å². The van der Waals surface area contributed by atoms with Crippen molar-refractivity contribution in [3.05, 3.63) is 30.3 Å². The maximum atomic E-state index is 12.2. The zero-order valence-electron chi connectivity index (χ0n) is 10.3. The van der Waals surface area contributed by atoms with Crippen LogP contribution in [-0.2, 0) is 9.84 Å². The number of unbranched alkanes of at least 4 members (excludes halogenated alkanes) is 1. The molecule has 0 saturated carbocycles. The van der Waals surface area contributed by atoms with Crippen molar-refractivity contribution in [1.29, 1.82) is 0 Å². The molecule has 0 amide bonds. The summed E-state index contributed by atoms with van der Waals surface area (Å²) in [5, 5.41) is 9.11. The molecule has 0 saturated heterocycles. The monoisotopic (exact) mass is 256 g/mol. The van der Waals surface area contributed by atoms with Crippen LogP contribution in [0.1, 0.15) is 33.1 Å². The number of benzene rings is 1. The normalized spacial score (nSPS) is 15.5. The highest BCUT2D eigenvalue weighted by Gasteiger charge is 2.28. The largest absolute Gasteiger partial charge is 0.392 e. The highest BCUT2D eigenvalue weighted by molar-refractivity contribution is 7.92. The van der Waals surface area contributed by atoms with Crippen LogP contribution < -0.4 is 0 Å². The summed E-state index contributed by atoms with van der Waals surface area (Å²) in [5.74, 6) is 0. The summed E-state index contributed by atoms with van der Waals surface area (Å²) in [7, 11) is -3.42. The summed E-state index contributed by atoms with van der Waals surface area (Å²) in [6, 6.07) is 8.30. The van der Waals surface area contributed by atoms with Gasteiger partial charge in [0.15, 0.2) is 9.84 Å². The molecule has 0 radical (unpaired) electrons. The molecule has 96 valence electrons. The lowest BCUT2D eigenvalue weighted by Gasteiger charge is -2.19. The molecule has 1 aromatic carbocycles. The number of aliphatic hydroxyl groups excluding tert-OH is 1. The quantitative estimate of drug-likeness (QED) is 0.850. The van der Waals surface area contributed by atoms with Crippen LogP contribution in [0.15, 0.2) is 35.2 Å². The van der Waals surface area contributed by atoms with Gasteiger partial charge in [-0.05, 0) is 25.5 Å². The SMILES string of the molecule is CCCCC(O)C(C)S(=O)(=O)c1ccccc1. The topological polar surface area (TPSA) is 54.4 Å². The van der Waals surface area contributed by atoms with E-state index in [1.54, 1.807) is 37.3 Å². The van der Waals surface area contributed by atoms with Crippen molar-refractivity contribution in [2.75, 3.05) is 0 Å². The van der Waals surface area contributed by atoms with E-state index in [0.717, 1.165) is 12.8 Å². The highest BCUT2D eigenvalue weighted by atomic mass is 32.2. The molecule has 2 atom stereocenters. The van der Waals surface area contributed by atoms with Gasteiger partial charge in [-0.25, -0.2) is 8.42 Å². The first-order chi connectivity index (χ1) is 8.00. The van der Waals surface area contributed by atoms with E-state index in [0.29, 0.717) is 6.42 Å². The number of rotatable bonds is 6. The zero-order valence-corrected chi connectivity index (χ0v) is 11.2. The Hall–Kier alpha value is -0.870. The summed E-state index contributed by atoms with van der Waals surface area (Å²) in [6.45, 7) is 3.59. The number of sulfone groups is 1. The first-order valence-electron chi connectivity index (χ1n) is 5.97. The van der Waals surface area contributed by atoms with Crippen LogP contribution in [0.25, 0.3) is 0 Å². The van der Waals surface area contributed by atoms with Gasteiger partial charge < -0.3 is 5.11 Å². The molecule has 0 heterocycles. The van der Waals surface area contributed by atoms with Crippen molar-refractivity contribution in [2.45, 2.75) is 49.4 Å². The second-order valence-corrected chi connectivity index (χ2v) is 6.58. The van der Waals surface area contributed by atoms with Crippen LogP contribution in [0.5, 0.6) is 0 Å². The molecule has 0 aliphatic rings. The number of hydrogen-bond acceptors (Lipinski definition) is 3. The Morgan fingerprint density at radius 2 is 1.82 bits per heavy atom. The number of aliphatic hydroxyl groups is 1. The molecule has 3 nitrogen and oxygen atoms in total. The van der Waals surface area contributed by atoms with Gasteiger partial charge in [-0.3, -0.25) is 0 Å². The molecule has 0 fully saturated rings. The molecule has 0 aliphatic heterocycles. The van der Waals surface area contributed by atoms with E-state index in [4.69, 9.17) is 0 Å². The first kappa shape index (κ1) is 14.2. The van der Waals surface area contributed by atoms with Gasteiger partial charge in [0.2, 0.25) is 0 Å². The molecule has 0 bridgehead atoms. The van der Waals surface area contributed by atoms with Crippen molar-refractivity contribution < 1.29 is 13.5 Å². The lowest BCUT2D eigenvalue weighted by atomic mass is 10.1. The summed E-state index contributed by atoms with van der Waals surface area (Å²) < 4.78 is 24.4. The maximum Gasteiger partial charge on any atom is 0.183 e. The zero-order chi connectivity index (χ0) is 12.9. The summed E-state index contributed by atoms with van der Waals surface area (Å²) in [6.07, 6.45) is 1.54. The van der Waals surface area contributed by atoms with Crippen LogP contribution >= 0.6 is 0 Å². The second kappa shape index (κ2) is 6.17. The fourth-order valence-corrected chi connectivity index (χ4v) is 3.20. The summed E-state index contributed by atoms with van der Waals surface area (Å²) >= 11 is 0. The van der Waals surface area contributed by atoms with Gasteiger partial charge in [0.05, 0.1) is 16.2 Å². The van der Waals surface area contributed by atoms with Crippen LogP contribution in [-0.4, -0.2) is 24.9 Å². The Kier molecular flexibility index (Phi) is 5.15. The minimum absolute atomic E-state index is 0.281. The predicted octanol–water partition coefficient (Wildman–Crippen LogP) is 2.40. The average molecular weight is 256 g/mol. The van der Waals surface area contributed by atoms with E-state index < -0.39 is 21.2 Å². The van der Waals surface area contributed by atoms with Crippen molar-refractivity contribution in [3.63, 3.8) is 0 Å². The van der Waals surface area contributed by atoms with E-state index in [9.17, 15) is 13.5 Å². The summed E-state index contributed by atoms with van der Waals surface area (Å²) in [5.41, 5.74) is 0. The average Bonchev–Trinajstić information content (AvgIpc) is 2.36.